The lowest BCUT2D eigenvalue weighted by atomic mass is 9.41. The molecule has 148 valence electrons. The van der Waals surface area contributed by atoms with Gasteiger partial charge < -0.3 is 14.9 Å². The molecule has 0 aromatic heterocycles. The summed E-state index contributed by atoms with van der Waals surface area (Å²) in [4.78, 5) is 11.7. The molecule has 7 atom stereocenters. The Labute approximate surface area is 158 Å². The fourth-order valence-corrected chi connectivity index (χ4v) is 7.23. The van der Waals surface area contributed by atoms with Crippen LogP contribution in [0.15, 0.2) is 12.7 Å². The Morgan fingerprint density at radius 1 is 1.19 bits per heavy atom. The van der Waals surface area contributed by atoms with Crippen molar-refractivity contribution in [3.8, 4) is 0 Å². The number of rotatable bonds is 2. The van der Waals surface area contributed by atoms with Crippen LogP contribution in [0, 0.1) is 28.1 Å². The van der Waals surface area contributed by atoms with Gasteiger partial charge in [-0.2, -0.15) is 0 Å². The van der Waals surface area contributed by atoms with Crippen LogP contribution in [-0.2, 0) is 9.53 Å². The molecule has 0 bridgehead atoms. The Hall–Kier alpha value is -0.870. The summed E-state index contributed by atoms with van der Waals surface area (Å²) >= 11 is 0. The van der Waals surface area contributed by atoms with Crippen molar-refractivity contribution in [1.82, 2.24) is 0 Å². The molecule has 0 spiro atoms. The van der Waals surface area contributed by atoms with Crippen molar-refractivity contribution in [2.45, 2.75) is 91.0 Å². The highest BCUT2D eigenvalue weighted by molar-refractivity contribution is 5.66. The van der Waals surface area contributed by atoms with Crippen LogP contribution >= 0.6 is 0 Å². The molecule has 0 aromatic carbocycles. The Morgan fingerprint density at radius 3 is 2.42 bits per heavy atom. The van der Waals surface area contributed by atoms with E-state index in [9.17, 15) is 15.0 Å². The summed E-state index contributed by atoms with van der Waals surface area (Å²) in [5, 5.41) is 23.1. The lowest BCUT2D eigenvalue weighted by Crippen LogP contribution is -2.70. The molecule has 4 nitrogen and oxygen atoms in total. The van der Waals surface area contributed by atoms with Crippen molar-refractivity contribution in [1.29, 1.82) is 0 Å². The van der Waals surface area contributed by atoms with Gasteiger partial charge in [-0.25, -0.2) is 0 Å². The largest absolute Gasteiger partial charge is 0.459 e. The molecule has 3 aliphatic carbocycles. The first-order chi connectivity index (χ1) is 11.9. The Morgan fingerprint density at radius 2 is 1.85 bits per heavy atom. The lowest BCUT2D eigenvalue weighted by Gasteiger charge is -2.66. The van der Waals surface area contributed by atoms with Gasteiger partial charge in [-0.3, -0.25) is 4.79 Å². The summed E-state index contributed by atoms with van der Waals surface area (Å²) in [5.41, 5.74) is -1.54. The number of fused-ring (bicyclic) bond motifs is 3. The first-order valence-corrected chi connectivity index (χ1v) is 10.1. The first kappa shape index (κ1) is 19.9. The number of carbonyl (C=O) groups excluding carboxylic acids is 1. The monoisotopic (exact) mass is 364 g/mol. The molecule has 3 saturated carbocycles. The van der Waals surface area contributed by atoms with Gasteiger partial charge >= 0.3 is 5.97 Å². The van der Waals surface area contributed by atoms with E-state index < -0.39 is 29.2 Å². The maximum Gasteiger partial charge on any atom is 0.303 e. The molecule has 2 N–H and O–H groups in total. The first-order valence-electron chi connectivity index (χ1n) is 10.1. The van der Waals surface area contributed by atoms with E-state index in [1.165, 1.54) is 13.3 Å². The minimum atomic E-state index is -0.947. The van der Waals surface area contributed by atoms with Crippen LogP contribution < -0.4 is 0 Å². The van der Waals surface area contributed by atoms with Crippen molar-refractivity contribution in [3.05, 3.63) is 12.7 Å². The SMILES string of the molecule is C=C[C@]1(C)C[C@]2(O)CC[C@@H]3C(C)(C)CCC[C@]3(C)[C@@H]2[C@H](O)[C@H]1OC(C)=O. The quantitative estimate of drug-likeness (QED) is 0.577. The van der Waals surface area contributed by atoms with Gasteiger partial charge in [0.05, 0.1) is 11.7 Å². The molecule has 0 saturated heterocycles. The summed E-state index contributed by atoms with van der Waals surface area (Å²) in [6.45, 7) is 14.1. The molecule has 4 heteroatoms. The maximum absolute atomic E-state index is 11.7. The van der Waals surface area contributed by atoms with E-state index in [1.54, 1.807) is 6.08 Å². The van der Waals surface area contributed by atoms with Gasteiger partial charge in [0.25, 0.3) is 0 Å². The highest BCUT2D eigenvalue weighted by atomic mass is 16.6. The van der Waals surface area contributed by atoms with Crippen LogP contribution in [0.3, 0.4) is 0 Å². The summed E-state index contributed by atoms with van der Waals surface area (Å²) in [6.07, 6.45) is 5.64. The van der Waals surface area contributed by atoms with E-state index in [2.05, 4.69) is 27.4 Å². The molecule has 3 fully saturated rings. The zero-order valence-electron chi connectivity index (χ0n) is 17.0. The normalized spacial score (nSPS) is 50.3. The smallest absolute Gasteiger partial charge is 0.303 e. The van der Waals surface area contributed by atoms with E-state index in [0.717, 1.165) is 19.3 Å². The molecule has 0 aromatic rings. The average Bonchev–Trinajstić information content (AvgIpc) is 2.49. The minimum Gasteiger partial charge on any atom is -0.459 e. The third kappa shape index (κ3) is 2.75. The second-order valence-electron chi connectivity index (χ2n) is 10.4. The lowest BCUT2D eigenvalue weighted by molar-refractivity contribution is -0.269. The highest BCUT2D eigenvalue weighted by Crippen LogP contribution is 2.66. The van der Waals surface area contributed by atoms with Crippen LogP contribution in [-0.4, -0.2) is 34.0 Å². The van der Waals surface area contributed by atoms with Crippen molar-refractivity contribution < 1.29 is 19.7 Å². The topological polar surface area (TPSA) is 66.8 Å². The second-order valence-corrected chi connectivity index (χ2v) is 10.4. The van der Waals surface area contributed by atoms with Crippen molar-refractivity contribution >= 4 is 5.97 Å². The van der Waals surface area contributed by atoms with Crippen molar-refractivity contribution in [2.75, 3.05) is 0 Å². The predicted molar refractivity (Wildman–Crippen MR) is 101 cm³/mol. The zero-order chi connectivity index (χ0) is 19.5. The van der Waals surface area contributed by atoms with Crippen molar-refractivity contribution in [3.63, 3.8) is 0 Å². The highest BCUT2D eigenvalue weighted by Gasteiger charge is 2.67. The van der Waals surface area contributed by atoms with E-state index in [1.807, 2.05) is 6.92 Å². The average molecular weight is 365 g/mol. The fourth-order valence-electron chi connectivity index (χ4n) is 7.23. The van der Waals surface area contributed by atoms with E-state index >= 15 is 0 Å². The Bertz CT molecular complexity index is 599. The molecule has 26 heavy (non-hydrogen) atoms. The van der Waals surface area contributed by atoms with E-state index in [-0.39, 0.29) is 16.7 Å². The van der Waals surface area contributed by atoms with Gasteiger partial charge in [-0.05, 0) is 48.9 Å². The molecule has 0 amide bonds. The number of hydrogen-bond acceptors (Lipinski definition) is 4. The van der Waals surface area contributed by atoms with Crippen molar-refractivity contribution in [2.24, 2.45) is 28.1 Å². The fraction of sp³-hybridized carbons (Fsp3) is 0.864. The van der Waals surface area contributed by atoms with Crippen LogP contribution in [0.1, 0.15) is 73.1 Å². The standard InChI is InChI=1S/C22H36O4/c1-7-20(5)13-22(25)12-9-15-19(3,4)10-8-11-21(15,6)17(22)16(24)18(20)26-14(2)23/h7,15-18,24-25H,1,8-13H2,2-6H3/t15-,16+,17+,18-,20-,21+,22-/m1/s1. The Kier molecular flexibility index (Phi) is 4.64. The number of aliphatic hydroxyl groups excluding tert-OH is 1. The van der Waals surface area contributed by atoms with Gasteiger partial charge in [-0.1, -0.05) is 40.2 Å². The van der Waals surface area contributed by atoms with Crippen LogP contribution in [0.5, 0.6) is 0 Å². The van der Waals surface area contributed by atoms with E-state index in [4.69, 9.17) is 4.74 Å². The third-order valence-corrected chi connectivity index (χ3v) is 8.18. The molecule has 0 heterocycles. The van der Waals surface area contributed by atoms with Gasteiger partial charge in [0.1, 0.15) is 6.10 Å². The third-order valence-electron chi connectivity index (χ3n) is 8.18. The van der Waals surface area contributed by atoms with Gasteiger partial charge in [0, 0.05) is 18.3 Å². The van der Waals surface area contributed by atoms with Crippen LogP contribution in [0.4, 0.5) is 0 Å². The number of hydrogen-bond donors (Lipinski definition) is 2. The van der Waals surface area contributed by atoms with E-state index in [0.29, 0.717) is 18.8 Å². The molecule has 0 radical (unpaired) electrons. The van der Waals surface area contributed by atoms with Gasteiger partial charge in [-0.15, -0.1) is 6.58 Å². The summed E-state index contributed by atoms with van der Waals surface area (Å²) < 4.78 is 5.61. The van der Waals surface area contributed by atoms with Crippen LogP contribution in [0.2, 0.25) is 0 Å². The number of carbonyl (C=O) groups is 1. The minimum absolute atomic E-state index is 0.158. The summed E-state index contributed by atoms with van der Waals surface area (Å²) in [6, 6.07) is 0. The number of ether oxygens (including phenoxy) is 1. The van der Waals surface area contributed by atoms with Crippen LogP contribution in [0.25, 0.3) is 0 Å². The molecule has 0 unspecified atom stereocenters. The zero-order valence-corrected chi connectivity index (χ0v) is 17.0. The summed E-state index contributed by atoms with van der Waals surface area (Å²) in [5.74, 6) is -0.227. The number of esters is 1. The molecule has 0 aliphatic heterocycles. The predicted octanol–water partition coefficient (Wildman–Crippen LogP) is 3.85. The van der Waals surface area contributed by atoms with Gasteiger partial charge in [0.15, 0.2) is 0 Å². The van der Waals surface area contributed by atoms with Gasteiger partial charge in [0.2, 0.25) is 0 Å². The Balaban J connectivity index is 2.07. The second kappa shape index (κ2) is 6.07. The number of aliphatic hydroxyl groups is 2. The maximum atomic E-state index is 11.7. The molecular formula is C22H36O4. The molecule has 3 aliphatic rings. The molecule has 3 rings (SSSR count). The molecular weight excluding hydrogens is 328 g/mol. The summed E-state index contributed by atoms with van der Waals surface area (Å²) in [7, 11) is 0.